The zero-order chi connectivity index (χ0) is 18.7. The van der Waals surface area contributed by atoms with Gasteiger partial charge in [-0.25, -0.2) is 0 Å². The van der Waals surface area contributed by atoms with Crippen molar-refractivity contribution in [1.29, 1.82) is 0 Å². The van der Waals surface area contributed by atoms with E-state index in [1.807, 2.05) is 0 Å². The lowest BCUT2D eigenvalue weighted by Gasteiger charge is -2.08. The molecule has 2 aromatic carbocycles. The van der Waals surface area contributed by atoms with Crippen molar-refractivity contribution >= 4 is 28.0 Å². The van der Waals surface area contributed by atoms with Gasteiger partial charge in [-0.2, -0.15) is 13.5 Å². The first-order valence-electron chi connectivity index (χ1n) is 7.50. The SMILES string of the molecule is COc1cc(/C=N\NC2=NS(=O)(=O)c3ccccc32)ccc1OC(C)=O. The molecule has 0 unspecified atom stereocenters. The fourth-order valence-electron chi connectivity index (χ4n) is 2.36. The molecule has 9 heteroatoms. The molecule has 0 spiro atoms. The van der Waals surface area contributed by atoms with Gasteiger partial charge in [-0.1, -0.05) is 12.1 Å². The van der Waals surface area contributed by atoms with Gasteiger partial charge in [-0.15, -0.1) is 4.40 Å². The minimum absolute atomic E-state index is 0.144. The van der Waals surface area contributed by atoms with Crippen LogP contribution in [0.5, 0.6) is 11.5 Å². The number of fused-ring (bicyclic) bond motifs is 1. The molecule has 0 amide bonds. The van der Waals surface area contributed by atoms with E-state index in [0.29, 0.717) is 22.6 Å². The number of hydrazone groups is 1. The van der Waals surface area contributed by atoms with Gasteiger partial charge in [-0.3, -0.25) is 10.2 Å². The Morgan fingerprint density at radius 2 is 1.96 bits per heavy atom. The van der Waals surface area contributed by atoms with Crippen LogP contribution in [0, 0.1) is 0 Å². The molecule has 0 aliphatic carbocycles. The van der Waals surface area contributed by atoms with Crippen molar-refractivity contribution in [3.05, 3.63) is 53.6 Å². The number of methoxy groups -OCH3 is 1. The highest BCUT2D eigenvalue weighted by Gasteiger charge is 2.28. The van der Waals surface area contributed by atoms with Crippen LogP contribution in [0.4, 0.5) is 0 Å². The number of rotatable bonds is 4. The molecule has 1 N–H and O–H groups in total. The van der Waals surface area contributed by atoms with Gasteiger partial charge >= 0.3 is 5.97 Å². The number of nitrogens with zero attached hydrogens (tertiary/aromatic N) is 2. The number of hydrogen-bond acceptors (Lipinski definition) is 7. The average molecular weight is 373 g/mol. The van der Waals surface area contributed by atoms with Gasteiger partial charge in [0.2, 0.25) is 0 Å². The van der Waals surface area contributed by atoms with Crippen molar-refractivity contribution in [1.82, 2.24) is 5.43 Å². The molecule has 0 saturated heterocycles. The zero-order valence-corrected chi connectivity index (χ0v) is 14.8. The highest BCUT2D eigenvalue weighted by Crippen LogP contribution is 2.28. The van der Waals surface area contributed by atoms with Crippen LogP contribution in [-0.2, 0) is 14.8 Å². The van der Waals surface area contributed by atoms with Gasteiger partial charge < -0.3 is 9.47 Å². The number of hydrogen-bond donors (Lipinski definition) is 1. The van der Waals surface area contributed by atoms with E-state index < -0.39 is 16.0 Å². The number of esters is 1. The molecule has 0 aromatic heterocycles. The Kier molecular flexibility index (Phi) is 4.72. The molecule has 0 fully saturated rings. The lowest BCUT2D eigenvalue weighted by Crippen LogP contribution is -2.17. The Morgan fingerprint density at radius 3 is 2.69 bits per heavy atom. The number of sulfonamides is 1. The first kappa shape index (κ1) is 17.6. The smallest absolute Gasteiger partial charge is 0.308 e. The second-order valence-corrected chi connectivity index (χ2v) is 6.86. The summed E-state index contributed by atoms with van der Waals surface area (Å²) in [6.45, 7) is 1.30. The second kappa shape index (κ2) is 6.96. The number of nitrogens with one attached hydrogen (secondary N) is 1. The largest absolute Gasteiger partial charge is 0.493 e. The number of ether oxygens (including phenoxy) is 2. The van der Waals surface area contributed by atoms with E-state index in [9.17, 15) is 13.2 Å². The summed E-state index contributed by atoms with van der Waals surface area (Å²) in [6, 6.07) is 11.4. The van der Waals surface area contributed by atoms with Crippen molar-refractivity contribution in [2.24, 2.45) is 9.50 Å². The molecule has 0 bridgehead atoms. The molecule has 3 rings (SSSR count). The van der Waals surface area contributed by atoms with E-state index in [2.05, 4.69) is 14.9 Å². The van der Waals surface area contributed by atoms with E-state index in [1.165, 1.54) is 26.3 Å². The zero-order valence-electron chi connectivity index (χ0n) is 14.0. The Balaban J connectivity index is 1.79. The second-order valence-electron chi connectivity index (χ2n) is 5.29. The summed E-state index contributed by atoms with van der Waals surface area (Å²) < 4.78 is 37.8. The number of carbonyl (C=O) groups excluding carboxylic acids is 1. The fourth-order valence-corrected chi connectivity index (χ4v) is 3.53. The molecule has 134 valence electrons. The fraction of sp³-hybridized carbons (Fsp3) is 0.118. The minimum Gasteiger partial charge on any atom is -0.493 e. The van der Waals surface area contributed by atoms with Crippen LogP contribution in [0.1, 0.15) is 18.1 Å². The summed E-state index contributed by atoms with van der Waals surface area (Å²) >= 11 is 0. The molecular formula is C17H15N3O5S. The lowest BCUT2D eigenvalue weighted by molar-refractivity contribution is -0.132. The van der Waals surface area contributed by atoms with Gasteiger partial charge in [-0.05, 0) is 35.9 Å². The quantitative estimate of drug-likeness (QED) is 0.378. The Hall–Kier alpha value is -3.20. The first-order valence-corrected chi connectivity index (χ1v) is 8.94. The topological polar surface area (TPSA) is 106 Å². The maximum atomic E-state index is 12.0. The van der Waals surface area contributed by atoms with Crippen molar-refractivity contribution in [3.8, 4) is 11.5 Å². The first-order chi connectivity index (χ1) is 12.4. The van der Waals surface area contributed by atoms with Gasteiger partial charge in [0.15, 0.2) is 17.3 Å². The molecule has 0 radical (unpaired) electrons. The molecule has 0 atom stereocenters. The summed E-state index contributed by atoms with van der Waals surface area (Å²) in [5.74, 6) is 0.367. The van der Waals surface area contributed by atoms with Gasteiger partial charge in [0.25, 0.3) is 10.0 Å². The third-order valence-electron chi connectivity index (χ3n) is 3.46. The number of amidine groups is 1. The van der Waals surface area contributed by atoms with Crippen LogP contribution in [0.3, 0.4) is 0 Å². The van der Waals surface area contributed by atoms with E-state index in [4.69, 9.17) is 9.47 Å². The third-order valence-corrected chi connectivity index (χ3v) is 4.79. The van der Waals surface area contributed by atoms with Crippen molar-refractivity contribution in [2.45, 2.75) is 11.8 Å². The summed E-state index contributed by atoms with van der Waals surface area (Å²) in [5, 5.41) is 4.02. The average Bonchev–Trinajstić information content (AvgIpc) is 2.87. The van der Waals surface area contributed by atoms with Gasteiger partial charge in [0, 0.05) is 12.5 Å². The maximum absolute atomic E-state index is 12.0. The third kappa shape index (κ3) is 3.57. The van der Waals surface area contributed by atoms with Crippen molar-refractivity contribution in [3.63, 3.8) is 0 Å². The standard InChI is InChI=1S/C17H15N3O5S/c1-11(21)25-14-8-7-12(9-15(14)24-2)10-18-19-17-13-5-3-4-6-16(13)26(22,23)20-17/h3-10H,1-2H3,(H,19,20)/b18-10-. The van der Waals surface area contributed by atoms with Crippen molar-refractivity contribution < 1.29 is 22.7 Å². The summed E-state index contributed by atoms with van der Waals surface area (Å²) in [4.78, 5) is 11.2. The van der Waals surface area contributed by atoms with Crippen molar-refractivity contribution in [2.75, 3.05) is 7.11 Å². The maximum Gasteiger partial charge on any atom is 0.308 e. The van der Waals surface area contributed by atoms with Gasteiger partial charge in [0.05, 0.1) is 13.3 Å². The Morgan fingerprint density at radius 1 is 1.19 bits per heavy atom. The molecular weight excluding hydrogens is 358 g/mol. The highest BCUT2D eigenvalue weighted by atomic mass is 32.2. The summed E-state index contributed by atoms with van der Waals surface area (Å²) in [6.07, 6.45) is 1.47. The van der Waals surface area contributed by atoms with Gasteiger partial charge in [0.1, 0.15) is 4.90 Å². The van der Waals surface area contributed by atoms with E-state index >= 15 is 0 Å². The Bertz CT molecular complexity index is 1030. The summed E-state index contributed by atoms with van der Waals surface area (Å²) in [7, 11) is -2.24. The van der Waals surface area contributed by atoms with Crippen LogP contribution in [0.15, 0.2) is 56.9 Å². The summed E-state index contributed by atoms with van der Waals surface area (Å²) in [5.41, 5.74) is 3.76. The van der Waals surface area contributed by atoms with Crippen LogP contribution in [0.2, 0.25) is 0 Å². The number of carbonyl (C=O) groups is 1. The predicted octanol–water partition coefficient (Wildman–Crippen LogP) is 1.69. The van der Waals surface area contributed by atoms with Crippen LogP contribution < -0.4 is 14.9 Å². The normalized spacial score (nSPS) is 14.6. The van der Waals surface area contributed by atoms with E-state index in [0.717, 1.165) is 0 Å². The predicted molar refractivity (Wildman–Crippen MR) is 95.2 cm³/mol. The monoisotopic (exact) mass is 373 g/mol. The van der Waals surface area contributed by atoms with Crippen LogP contribution >= 0.6 is 0 Å². The van der Waals surface area contributed by atoms with Crippen LogP contribution in [-0.4, -0.2) is 33.5 Å². The molecule has 0 saturated carbocycles. The Labute approximate surface area is 150 Å². The highest BCUT2D eigenvalue weighted by molar-refractivity contribution is 7.90. The molecule has 2 aromatic rings. The molecule has 1 heterocycles. The van der Waals surface area contributed by atoms with E-state index in [-0.39, 0.29) is 10.7 Å². The molecule has 1 aliphatic rings. The lowest BCUT2D eigenvalue weighted by atomic mass is 10.2. The van der Waals surface area contributed by atoms with Crippen LogP contribution in [0.25, 0.3) is 0 Å². The number of benzene rings is 2. The molecule has 1 aliphatic heterocycles. The molecule has 26 heavy (non-hydrogen) atoms. The minimum atomic E-state index is -3.69. The van der Waals surface area contributed by atoms with E-state index in [1.54, 1.807) is 36.4 Å². The molecule has 8 nitrogen and oxygen atoms in total.